The first-order chi connectivity index (χ1) is 10.0. The summed E-state index contributed by atoms with van der Waals surface area (Å²) < 4.78 is 18.0. The van der Waals surface area contributed by atoms with E-state index in [-0.39, 0.29) is 18.3 Å². The van der Waals surface area contributed by atoms with Crippen molar-refractivity contribution in [2.24, 2.45) is 0 Å². The molecule has 2 aromatic carbocycles. The van der Waals surface area contributed by atoms with Crippen LogP contribution in [0.3, 0.4) is 0 Å². The summed E-state index contributed by atoms with van der Waals surface area (Å²) in [6.45, 7) is 0.170. The Morgan fingerprint density at radius 3 is 2.48 bits per heavy atom. The van der Waals surface area contributed by atoms with Gasteiger partial charge in [0.05, 0.1) is 10.0 Å². The lowest BCUT2D eigenvalue weighted by atomic mass is 10.2. The van der Waals surface area contributed by atoms with Crippen molar-refractivity contribution in [3.63, 3.8) is 0 Å². The Morgan fingerprint density at radius 1 is 1.10 bits per heavy atom. The first-order valence-corrected chi connectivity index (χ1v) is 6.89. The Morgan fingerprint density at radius 2 is 1.81 bits per heavy atom. The fourth-order valence-electron chi connectivity index (χ4n) is 1.57. The second kappa shape index (κ2) is 7.29. The Hall–Kier alpha value is -1.78. The largest absolute Gasteiger partial charge is 0.484 e. The summed E-state index contributed by atoms with van der Waals surface area (Å²) in [5, 5.41) is 3.45. The van der Waals surface area contributed by atoms with Gasteiger partial charge in [-0.15, -0.1) is 0 Å². The van der Waals surface area contributed by atoms with E-state index in [4.69, 9.17) is 27.9 Å². The number of halogens is 3. The van der Waals surface area contributed by atoms with Crippen LogP contribution >= 0.6 is 23.2 Å². The van der Waals surface area contributed by atoms with Crippen molar-refractivity contribution in [1.82, 2.24) is 5.32 Å². The highest BCUT2D eigenvalue weighted by Crippen LogP contribution is 2.26. The highest BCUT2D eigenvalue weighted by atomic mass is 35.5. The first kappa shape index (κ1) is 15.6. The topological polar surface area (TPSA) is 38.3 Å². The van der Waals surface area contributed by atoms with Crippen LogP contribution in [0, 0.1) is 5.82 Å². The van der Waals surface area contributed by atoms with E-state index in [1.165, 1.54) is 18.2 Å². The molecule has 1 N–H and O–H groups in total. The van der Waals surface area contributed by atoms with Gasteiger partial charge in [-0.05, 0) is 29.8 Å². The van der Waals surface area contributed by atoms with E-state index in [0.717, 1.165) is 5.56 Å². The van der Waals surface area contributed by atoms with Gasteiger partial charge in [0.15, 0.2) is 6.61 Å². The number of ether oxygens (including phenoxy) is 1. The number of rotatable bonds is 5. The lowest BCUT2D eigenvalue weighted by Crippen LogP contribution is -2.28. The third kappa shape index (κ3) is 4.92. The molecule has 2 rings (SSSR count). The van der Waals surface area contributed by atoms with Crippen molar-refractivity contribution >= 4 is 29.1 Å². The highest BCUT2D eigenvalue weighted by Gasteiger charge is 2.05. The molecule has 3 nitrogen and oxygen atoms in total. The van der Waals surface area contributed by atoms with Gasteiger partial charge in [0.2, 0.25) is 0 Å². The van der Waals surface area contributed by atoms with Gasteiger partial charge in [-0.1, -0.05) is 35.3 Å². The second-order valence-electron chi connectivity index (χ2n) is 4.27. The van der Waals surface area contributed by atoms with E-state index in [9.17, 15) is 9.18 Å². The van der Waals surface area contributed by atoms with Crippen molar-refractivity contribution in [3.05, 3.63) is 63.9 Å². The lowest BCUT2D eigenvalue weighted by molar-refractivity contribution is -0.123. The number of hydrogen-bond donors (Lipinski definition) is 1. The van der Waals surface area contributed by atoms with Crippen LogP contribution in [0.2, 0.25) is 10.0 Å². The molecule has 21 heavy (non-hydrogen) atoms. The number of carbonyl (C=O) groups is 1. The van der Waals surface area contributed by atoms with E-state index >= 15 is 0 Å². The Labute approximate surface area is 131 Å². The van der Waals surface area contributed by atoms with E-state index in [0.29, 0.717) is 22.3 Å². The molecule has 110 valence electrons. The Bertz CT molecular complexity index is 632. The van der Waals surface area contributed by atoms with E-state index in [1.54, 1.807) is 24.3 Å². The van der Waals surface area contributed by atoms with Gasteiger partial charge >= 0.3 is 0 Å². The van der Waals surface area contributed by atoms with Crippen LogP contribution in [0.25, 0.3) is 0 Å². The Kier molecular flexibility index (Phi) is 5.42. The SMILES string of the molecule is O=C(COc1ccc(Cl)c(Cl)c1)NCc1ccc(F)cc1. The van der Waals surface area contributed by atoms with Gasteiger partial charge in [-0.2, -0.15) is 0 Å². The van der Waals surface area contributed by atoms with E-state index < -0.39 is 0 Å². The summed E-state index contributed by atoms with van der Waals surface area (Å²) >= 11 is 11.6. The molecule has 0 aliphatic carbocycles. The molecule has 0 saturated heterocycles. The van der Waals surface area contributed by atoms with Gasteiger partial charge in [0.1, 0.15) is 11.6 Å². The van der Waals surface area contributed by atoms with Crippen LogP contribution in [0.1, 0.15) is 5.56 Å². The molecule has 0 aliphatic heterocycles. The molecule has 1 amide bonds. The summed E-state index contributed by atoms with van der Waals surface area (Å²) in [5.74, 6) is -0.139. The average molecular weight is 328 g/mol. The van der Waals surface area contributed by atoms with Gasteiger partial charge in [0.25, 0.3) is 5.91 Å². The summed E-state index contributed by atoms with van der Waals surface area (Å²) in [7, 11) is 0. The van der Waals surface area contributed by atoms with Gasteiger partial charge in [0, 0.05) is 12.6 Å². The minimum Gasteiger partial charge on any atom is -0.484 e. The molecule has 0 aliphatic rings. The molecule has 0 fully saturated rings. The summed E-state index contributed by atoms with van der Waals surface area (Å²) in [4.78, 5) is 11.6. The molecule has 0 saturated carbocycles. The fraction of sp³-hybridized carbons (Fsp3) is 0.133. The van der Waals surface area contributed by atoms with Crippen molar-refractivity contribution in [2.75, 3.05) is 6.61 Å². The number of carbonyl (C=O) groups excluding carboxylic acids is 1. The monoisotopic (exact) mass is 327 g/mol. The normalized spacial score (nSPS) is 10.2. The molecular formula is C15H12Cl2FNO2. The van der Waals surface area contributed by atoms with Crippen molar-refractivity contribution in [3.8, 4) is 5.75 Å². The lowest BCUT2D eigenvalue weighted by Gasteiger charge is -2.08. The third-order valence-corrected chi connectivity index (χ3v) is 3.40. The molecule has 0 unspecified atom stereocenters. The minimum absolute atomic E-state index is 0.140. The Balaban J connectivity index is 1.79. The average Bonchev–Trinajstić information content (AvgIpc) is 2.48. The van der Waals surface area contributed by atoms with Gasteiger partial charge in [-0.25, -0.2) is 4.39 Å². The predicted molar refractivity (Wildman–Crippen MR) is 80.2 cm³/mol. The molecule has 0 bridgehead atoms. The zero-order chi connectivity index (χ0) is 15.2. The van der Waals surface area contributed by atoms with Crippen LogP contribution < -0.4 is 10.1 Å². The number of hydrogen-bond acceptors (Lipinski definition) is 2. The van der Waals surface area contributed by atoms with Crippen LogP contribution in [0.5, 0.6) is 5.75 Å². The maximum absolute atomic E-state index is 12.7. The smallest absolute Gasteiger partial charge is 0.258 e. The summed E-state index contributed by atoms with van der Waals surface area (Å²) in [6.07, 6.45) is 0. The predicted octanol–water partition coefficient (Wildman–Crippen LogP) is 3.83. The summed E-state index contributed by atoms with van der Waals surface area (Å²) in [5.41, 5.74) is 0.805. The fourth-order valence-corrected chi connectivity index (χ4v) is 1.86. The van der Waals surface area contributed by atoms with Crippen LogP contribution in [0.4, 0.5) is 4.39 Å². The summed E-state index contributed by atoms with van der Waals surface area (Å²) in [6, 6.07) is 10.7. The highest BCUT2D eigenvalue weighted by molar-refractivity contribution is 6.42. The van der Waals surface area contributed by atoms with E-state index in [2.05, 4.69) is 5.32 Å². The maximum Gasteiger partial charge on any atom is 0.258 e. The standard InChI is InChI=1S/C15H12Cl2FNO2/c16-13-6-5-12(7-14(13)17)21-9-15(20)19-8-10-1-3-11(18)4-2-10/h1-7H,8-9H2,(H,19,20). The zero-order valence-corrected chi connectivity index (χ0v) is 12.4. The molecule has 0 aromatic heterocycles. The number of amides is 1. The molecule has 2 aromatic rings. The maximum atomic E-state index is 12.7. The minimum atomic E-state index is -0.312. The van der Waals surface area contributed by atoms with Crippen molar-refractivity contribution in [1.29, 1.82) is 0 Å². The molecule has 6 heteroatoms. The van der Waals surface area contributed by atoms with Crippen molar-refractivity contribution in [2.45, 2.75) is 6.54 Å². The van der Waals surface area contributed by atoms with Crippen LogP contribution in [-0.4, -0.2) is 12.5 Å². The van der Waals surface area contributed by atoms with E-state index in [1.807, 2.05) is 0 Å². The molecule has 0 radical (unpaired) electrons. The quantitative estimate of drug-likeness (QED) is 0.906. The van der Waals surface area contributed by atoms with Crippen LogP contribution in [-0.2, 0) is 11.3 Å². The van der Waals surface area contributed by atoms with Gasteiger partial charge in [-0.3, -0.25) is 4.79 Å². The molecular weight excluding hydrogens is 316 g/mol. The number of benzene rings is 2. The zero-order valence-electron chi connectivity index (χ0n) is 10.9. The van der Waals surface area contributed by atoms with Crippen molar-refractivity contribution < 1.29 is 13.9 Å². The van der Waals surface area contributed by atoms with Gasteiger partial charge < -0.3 is 10.1 Å². The first-order valence-electron chi connectivity index (χ1n) is 6.13. The molecule has 0 spiro atoms. The molecule has 0 atom stereocenters. The molecule has 0 heterocycles. The third-order valence-electron chi connectivity index (χ3n) is 2.66. The van der Waals surface area contributed by atoms with Crippen LogP contribution in [0.15, 0.2) is 42.5 Å². The second-order valence-corrected chi connectivity index (χ2v) is 5.08. The number of nitrogens with one attached hydrogen (secondary N) is 1.